The molecule has 0 aliphatic carbocycles. The third-order valence-electron chi connectivity index (χ3n) is 4.78. The highest BCUT2D eigenvalue weighted by Gasteiger charge is 2.11. The van der Waals surface area contributed by atoms with Crippen LogP contribution in [0.5, 0.6) is 0 Å². The maximum atomic E-state index is 10.5. The van der Waals surface area contributed by atoms with Gasteiger partial charge in [-0.25, -0.2) is 4.18 Å². The topological polar surface area (TPSA) is 72.8 Å². The highest BCUT2D eigenvalue weighted by Crippen LogP contribution is 2.13. The molecule has 0 spiro atoms. The first-order valence-electron chi connectivity index (χ1n) is 11.2. The molecular weight excluding hydrogens is 364 g/mol. The molecule has 0 aliphatic rings. The first-order chi connectivity index (χ1) is 13.0. The Kier molecular flexibility index (Phi) is 19.0. The van der Waals surface area contributed by atoms with Crippen LogP contribution in [-0.2, 0) is 19.3 Å². The van der Waals surface area contributed by atoms with Crippen LogP contribution >= 0.6 is 0 Å². The molecule has 5 nitrogen and oxygen atoms in total. The molecule has 0 fully saturated rings. The third-order valence-corrected chi connectivity index (χ3v) is 5.35. The molecule has 164 valence electrons. The standard InChI is InChI=1S/C21H44O5S/c1-3-4-5-6-7-8-9-10-11-12-13-14-15-16-17-18-19-25-20-21(2)26-27(22,23)24/h21H,3-20H2,1-2H3,(H,22,23,24). The Morgan fingerprint density at radius 2 is 1.07 bits per heavy atom. The van der Waals surface area contributed by atoms with Gasteiger partial charge in [0.1, 0.15) is 0 Å². The molecule has 1 atom stereocenters. The highest BCUT2D eigenvalue weighted by molar-refractivity contribution is 7.80. The van der Waals surface area contributed by atoms with Gasteiger partial charge in [-0.15, -0.1) is 0 Å². The minimum Gasteiger partial charge on any atom is -0.379 e. The number of hydrogen-bond donors (Lipinski definition) is 1. The quantitative estimate of drug-likeness (QED) is 0.174. The summed E-state index contributed by atoms with van der Waals surface area (Å²) in [6.07, 6.45) is 20.7. The summed E-state index contributed by atoms with van der Waals surface area (Å²) in [6.45, 7) is 4.61. The molecule has 6 heteroatoms. The van der Waals surface area contributed by atoms with Crippen LogP contribution < -0.4 is 0 Å². The third kappa shape index (κ3) is 23.8. The van der Waals surface area contributed by atoms with E-state index in [0.717, 1.165) is 12.8 Å². The number of rotatable bonds is 21. The van der Waals surface area contributed by atoms with Crippen molar-refractivity contribution < 1.29 is 21.9 Å². The molecule has 1 N–H and O–H groups in total. The predicted octanol–water partition coefficient (Wildman–Crippen LogP) is 6.47. The maximum Gasteiger partial charge on any atom is 0.397 e. The second-order valence-corrected chi connectivity index (χ2v) is 8.76. The van der Waals surface area contributed by atoms with Crippen molar-refractivity contribution in [1.82, 2.24) is 0 Å². The van der Waals surface area contributed by atoms with Crippen LogP contribution in [0.25, 0.3) is 0 Å². The second-order valence-electron chi connectivity index (χ2n) is 7.71. The Labute approximate surface area is 168 Å². The monoisotopic (exact) mass is 408 g/mol. The van der Waals surface area contributed by atoms with E-state index in [1.807, 2.05) is 0 Å². The molecule has 0 radical (unpaired) electrons. The summed E-state index contributed by atoms with van der Waals surface area (Å²) in [5, 5.41) is 0. The Bertz CT molecular complexity index is 397. The summed E-state index contributed by atoms with van der Waals surface area (Å²) >= 11 is 0. The molecule has 0 aromatic rings. The zero-order chi connectivity index (χ0) is 20.2. The summed E-state index contributed by atoms with van der Waals surface area (Å²) in [7, 11) is -4.38. The summed E-state index contributed by atoms with van der Waals surface area (Å²) in [6, 6.07) is 0. The number of unbranched alkanes of at least 4 members (excludes halogenated alkanes) is 15. The van der Waals surface area contributed by atoms with Crippen molar-refractivity contribution in [2.75, 3.05) is 13.2 Å². The molecule has 0 rings (SSSR count). The van der Waals surface area contributed by atoms with Gasteiger partial charge in [0, 0.05) is 6.61 Å². The lowest BCUT2D eigenvalue weighted by atomic mass is 10.0. The minimum absolute atomic E-state index is 0.179. The molecule has 0 bridgehead atoms. The summed E-state index contributed by atoms with van der Waals surface area (Å²) < 4.78 is 39.3. The molecule has 1 unspecified atom stereocenters. The van der Waals surface area contributed by atoms with E-state index in [2.05, 4.69) is 11.1 Å². The summed E-state index contributed by atoms with van der Waals surface area (Å²) in [4.78, 5) is 0. The minimum atomic E-state index is -4.38. The van der Waals surface area contributed by atoms with Crippen LogP contribution in [0.2, 0.25) is 0 Å². The fourth-order valence-corrected chi connectivity index (χ4v) is 3.71. The molecule has 0 amide bonds. The van der Waals surface area contributed by atoms with Crippen LogP contribution in [0.4, 0.5) is 0 Å². The van der Waals surface area contributed by atoms with Crippen molar-refractivity contribution in [2.45, 2.75) is 123 Å². The van der Waals surface area contributed by atoms with Crippen LogP contribution in [0.1, 0.15) is 117 Å². The van der Waals surface area contributed by atoms with E-state index in [1.54, 1.807) is 6.92 Å². The lowest BCUT2D eigenvalue weighted by Gasteiger charge is -2.10. The summed E-state index contributed by atoms with van der Waals surface area (Å²) in [5.74, 6) is 0. The molecule has 0 saturated heterocycles. The maximum absolute atomic E-state index is 10.5. The van der Waals surface area contributed by atoms with Crippen molar-refractivity contribution in [3.8, 4) is 0 Å². The van der Waals surface area contributed by atoms with Crippen LogP contribution in [0.3, 0.4) is 0 Å². The van der Waals surface area contributed by atoms with Gasteiger partial charge >= 0.3 is 10.4 Å². The van der Waals surface area contributed by atoms with Gasteiger partial charge in [0.25, 0.3) is 0 Å². The Morgan fingerprint density at radius 1 is 0.704 bits per heavy atom. The first kappa shape index (κ1) is 26.8. The molecule has 0 saturated carbocycles. The predicted molar refractivity (Wildman–Crippen MR) is 112 cm³/mol. The lowest BCUT2D eigenvalue weighted by molar-refractivity contribution is 0.0538. The number of hydrogen-bond acceptors (Lipinski definition) is 4. The van der Waals surface area contributed by atoms with Gasteiger partial charge < -0.3 is 4.74 Å². The SMILES string of the molecule is CCCCCCCCCCCCCCCCCCOCC(C)OS(=O)(=O)O. The molecule has 0 heterocycles. The first-order valence-corrected chi connectivity index (χ1v) is 12.6. The zero-order valence-electron chi connectivity index (χ0n) is 17.8. The van der Waals surface area contributed by atoms with Gasteiger partial charge in [-0.05, 0) is 13.3 Å². The van der Waals surface area contributed by atoms with Crippen molar-refractivity contribution >= 4 is 10.4 Å². The van der Waals surface area contributed by atoms with Crippen molar-refractivity contribution in [2.24, 2.45) is 0 Å². The Hall–Kier alpha value is -0.170. The molecule has 0 aliphatic heterocycles. The molecule has 27 heavy (non-hydrogen) atoms. The average molecular weight is 409 g/mol. The normalized spacial score (nSPS) is 13.1. The van der Waals surface area contributed by atoms with Crippen molar-refractivity contribution in [3.63, 3.8) is 0 Å². The van der Waals surface area contributed by atoms with Crippen LogP contribution in [0, 0.1) is 0 Å². The smallest absolute Gasteiger partial charge is 0.379 e. The highest BCUT2D eigenvalue weighted by atomic mass is 32.3. The van der Waals surface area contributed by atoms with E-state index in [-0.39, 0.29) is 6.61 Å². The van der Waals surface area contributed by atoms with Gasteiger partial charge in [0.05, 0.1) is 12.7 Å². The van der Waals surface area contributed by atoms with Gasteiger partial charge in [-0.1, -0.05) is 103 Å². The number of ether oxygens (including phenoxy) is 1. The van der Waals surface area contributed by atoms with Crippen LogP contribution in [0.15, 0.2) is 0 Å². The zero-order valence-corrected chi connectivity index (χ0v) is 18.6. The van der Waals surface area contributed by atoms with Gasteiger partial charge in [0.2, 0.25) is 0 Å². The fraction of sp³-hybridized carbons (Fsp3) is 1.00. The largest absolute Gasteiger partial charge is 0.397 e. The van der Waals surface area contributed by atoms with E-state index in [0.29, 0.717) is 6.61 Å². The van der Waals surface area contributed by atoms with E-state index in [9.17, 15) is 8.42 Å². The fourth-order valence-electron chi connectivity index (χ4n) is 3.24. The molecular formula is C21H44O5S. The Morgan fingerprint density at radius 3 is 1.44 bits per heavy atom. The average Bonchev–Trinajstić information content (AvgIpc) is 2.59. The lowest BCUT2D eigenvalue weighted by Crippen LogP contribution is -2.20. The van der Waals surface area contributed by atoms with E-state index in [1.165, 1.54) is 89.9 Å². The van der Waals surface area contributed by atoms with Crippen LogP contribution in [-0.4, -0.2) is 32.3 Å². The van der Waals surface area contributed by atoms with Gasteiger partial charge in [-0.3, -0.25) is 4.55 Å². The molecule has 0 aromatic heterocycles. The van der Waals surface area contributed by atoms with Gasteiger partial charge in [-0.2, -0.15) is 8.42 Å². The molecule has 0 aromatic carbocycles. The van der Waals surface area contributed by atoms with E-state index < -0.39 is 16.5 Å². The van der Waals surface area contributed by atoms with Crippen molar-refractivity contribution in [3.05, 3.63) is 0 Å². The second kappa shape index (κ2) is 19.2. The Balaban J connectivity index is 3.13. The van der Waals surface area contributed by atoms with E-state index >= 15 is 0 Å². The van der Waals surface area contributed by atoms with Crippen molar-refractivity contribution in [1.29, 1.82) is 0 Å². The van der Waals surface area contributed by atoms with E-state index in [4.69, 9.17) is 9.29 Å². The summed E-state index contributed by atoms with van der Waals surface area (Å²) in [5.41, 5.74) is 0. The van der Waals surface area contributed by atoms with Gasteiger partial charge in [0.15, 0.2) is 0 Å².